The second-order valence-corrected chi connectivity index (χ2v) is 6.99. The van der Waals surface area contributed by atoms with E-state index in [1.165, 1.54) is 12.4 Å². The minimum absolute atomic E-state index is 0.0626. The minimum Gasteiger partial charge on any atom is -0.339 e. The highest BCUT2D eigenvalue weighted by molar-refractivity contribution is 6.31. The molecule has 0 aliphatic carbocycles. The number of rotatable bonds is 3. The summed E-state index contributed by atoms with van der Waals surface area (Å²) in [6, 6.07) is 6.94. The maximum absolute atomic E-state index is 12.7. The molecule has 6 heteroatoms. The number of halogens is 1. The van der Waals surface area contributed by atoms with Crippen LogP contribution in [-0.2, 0) is 0 Å². The number of benzene rings is 1. The van der Waals surface area contributed by atoms with Crippen LogP contribution in [0.5, 0.6) is 0 Å². The van der Waals surface area contributed by atoms with Crippen molar-refractivity contribution in [2.75, 3.05) is 18.4 Å². The highest BCUT2D eigenvalue weighted by atomic mass is 35.5. The van der Waals surface area contributed by atoms with Crippen LogP contribution in [0.15, 0.2) is 36.7 Å². The summed E-state index contributed by atoms with van der Waals surface area (Å²) in [7, 11) is 0. The van der Waals surface area contributed by atoms with Gasteiger partial charge in [-0.1, -0.05) is 30.5 Å². The van der Waals surface area contributed by atoms with Gasteiger partial charge in [-0.15, -0.1) is 0 Å². The van der Waals surface area contributed by atoms with Crippen molar-refractivity contribution in [2.24, 2.45) is 0 Å². The molecule has 1 aromatic carbocycles. The third-order valence-electron chi connectivity index (χ3n) is 4.57. The van der Waals surface area contributed by atoms with Crippen molar-refractivity contribution < 1.29 is 9.59 Å². The molecule has 0 radical (unpaired) electrons. The summed E-state index contributed by atoms with van der Waals surface area (Å²) in [4.78, 5) is 31.1. The molecular formula is C20H22ClN3O2. The number of pyridine rings is 1. The summed E-state index contributed by atoms with van der Waals surface area (Å²) in [6.45, 7) is 3.42. The molecule has 0 saturated carbocycles. The minimum atomic E-state index is -0.317. The van der Waals surface area contributed by atoms with Gasteiger partial charge in [-0.2, -0.15) is 0 Å². The van der Waals surface area contributed by atoms with E-state index in [9.17, 15) is 9.59 Å². The monoisotopic (exact) mass is 371 g/mol. The maximum atomic E-state index is 12.7. The third kappa shape index (κ3) is 4.41. The van der Waals surface area contributed by atoms with Gasteiger partial charge in [-0.3, -0.25) is 14.6 Å². The molecule has 0 spiro atoms. The Kier molecular flexibility index (Phi) is 5.89. The van der Waals surface area contributed by atoms with Crippen LogP contribution in [0.4, 0.5) is 5.69 Å². The zero-order valence-electron chi connectivity index (χ0n) is 14.8. The molecular weight excluding hydrogens is 350 g/mol. The van der Waals surface area contributed by atoms with Gasteiger partial charge in [0.15, 0.2) is 0 Å². The van der Waals surface area contributed by atoms with Crippen LogP contribution in [-0.4, -0.2) is 34.8 Å². The number of nitrogens with one attached hydrogen (secondary N) is 1. The Labute approximate surface area is 158 Å². The van der Waals surface area contributed by atoms with E-state index >= 15 is 0 Å². The van der Waals surface area contributed by atoms with Gasteiger partial charge in [0.1, 0.15) is 0 Å². The van der Waals surface area contributed by atoms with Crippen molar-refractivity contribution >= 4 is 29.1 Å². The van der Waals surface area contributed by atoms with Gasteiger partial charge >= 0.3 is 0 Å². The highest BCUT2D eigenvalue weighted by Gasteiger charge is 2.19. The Morgan fingerprint density at radius 1 is 1.04 bits per heavy atom. The molecule has 1 aromatic heterocycles. The van der Waals surface area contributed by atoms with Gasteiger partial charge in [0.2, 0.25) is 0 Å². The molecule has 0 bridgehead atoms. The average molecular weight is 372 g/mol. The Bertz CT molecular complexity index is 814. The Hall–Kier alpha value is -2.40. The van der Waals surface area contributed by atoms with Crippen LogP contribution >= 0.6 is 11.6 Å². The lowest BCUT2D eigenvalue weighted by Gasteiger charge is -2.20. The van der Waals surface area contributed by atoms with Crippen molar-refractivity contribution in [1.82, 2.24) is 9.88 Å². The van der Waals surface area contributed by atoms with Gasteiger partial charge in [0.05, 0.1) is 11.1 Å². The van der Waals surface area contributed by atoms with Gasteiger partial charge in [0.25, 0.3) is 11.8 Å². The van der Waals surface area contributed by atoms with Gasteiger partial charge < -0.3 is 10.2 Å². The predicted molar refractivity (Wildman–Crippen MR) is 103 cm³/mol. The first kappa shape index (κ1) is 18.4. The summed E-state index contributed by atoms with van der Waals surface area (Å²) >= 11 is 6.10. The Balaban J connectivity index is 1.74. The molecule has 0 unspecified atom stereocenters. The molecule has 26 heavy (non-hydrogen) atoms. The van der Waals surface area contributed by atoms with Crippen molar-refractivity contribution in [1.29, 1.82) is 0 Å². The summed E-state index contributed by atoms with van der Waals surface area (Å²) in [5.74, 6) is -0.379. The van der Waals surface area contributed by atoms with Crippen LogP contribution in [0.1, 0.15) is 52.0 Å². The number of amides is 2. The zero-order valence-corrected chi connectivity index (χ0v) is 15.6. The SMILES string of the molecule is Cc1ccc(NC(=O)c2cncc(C(=O)N3CCCCCC3)c2)cc1Cl. The molecule has 2 heterocycles. The maximum Gasteiger partial charge on any atom is 0.257 e. The van der Waals surface area contributed by atoms with E-state index in [0.717, 1.165) is 44.3 Å². The lowest BCUT2D eigenvalue weighted by molar-refractivity contribution is 0.0761. The molecule has 1 aliphatic rings. The second kappa shape index (κ2) is 8.32. The quantitative estimate of drug-likeness (QED) is 0.874. The lowest BCUT2D eigenvalue weighted by atomic mass is 10.1. The van der Waals surface area contributed by atoms with Gasteiger partial charge in [0, 0.05) is 36.2 Å². The number of carbonyl (C=O) groups is 2. The number of aromatic nitrogens is 1. The van der Waals surface area contributed by atoms with Crippen molar-refractivity contribution in [2.45, 2.75) is 32.6 Å². The smallest absolute Gasteiger partial charge is 0.257 e. The molecule has 0 atom stereocenters. The first-order valence-electron chi connectivity index (χ1n) is 8.86. The van der Waals surface area contributed by atoms with Gasteiger partial charge in [-0.25, -0.2) is 0 Å². The van der Waals surface area contributed by atoms with Gasteiger partial charge in [-0.05, 0) is 43.5 Å². The third-order valence-corrected chi connectivity index (χ3v) is 4.98. The largest absolute Gasteiger partial charge is 0.339 e. The number of likely N-dealkylation sites (tertiary alicyclic amines) is 1. The van der Waals surface area contributed by atoms with Crippen molar-refractivity contribution in [3.05, 3.63) is 58.4 Å². The van der Waals surface area contributed by atoms with Crippen LogP contribution in [0.3, 0.4) is 0 Å². The lowest BCUT2D eigenvalue weighted by Crippen LogP contribution is -2.32. The van der Waals surface area contributed by atoms with E-state index in [2.05, 4.69) is 10.3 Å². The number of carbonyl (C=O) groups excluding carboxylic acids is 2. The van der Waals surface area contributed by atoms with E-state index < -0.39 is 0 Å². The van der Waals surface area contributed by atoms with Crippen LogP contribution in [0.2, 0.25) is 5.02 Å². The standard InChI is InChI=1S/C20H22ClN3O2/c1-14-6-7-17(11-18(14)21)23-19(25)15-10-16(13-22-12-15)20(26)24-8-4-2-3-5-9-24/h6-7,10-13H,2-5,8-9H2,1H3,(H,23,25). The van der Waals surface area contributed by atoms with E-state index in [0.29, 0.717) is 21.8 Å². The Morgan fingerprint density at radius 3 is 2.42 bits per heavy atom. The number of hydrogen-bond donors (Lipinski definition) is 1. The van der Waals surface area contributed by atoms with E-state index in [1.807, 2.05) is 17.9 Å². The van der Waals surface area contributed by atoms with E-state index in [4.69, 9.17) is 11.6 Å². The summed E-state index contributed by atoms with van der Waals surface area (Å²) < 4.78 is 0. The zero-order chi connectivity index (χ0) is 18.5. The van der Waals surface area contributed by atoms with E-state index in [-0.39, 0.29) is 11.8 Å². The number of anilines is 1. The van der Waals surface area contributed by atoms with Crippen molar-refractivity contribution in [3.8, 4) is 0 Å². The number of hydrogen-bond acceptors (Lipinski definition) is 3. The highest BCUT2D eigenvalue weighted by Crippen LogP contribution is 2.21. The molecule has 1 fully saturated rings. The van der Waals surface area contributed by atoms with Crippen LogP contribution in [0, 0.1) is 6.92 Å². The van der Waals surface area contributed by atoms with Crippen molar-refractivity contribution in [3.63, 3.8) is 0 Å². The fourth-order valence-electron chi connectivity index (χ4n) is 3.01. The average Bonchev–Trinajstić information content (AvgIpc) is 2.93. The van der Waals surface area contributed by atoms with Crippen LogP contribution < -0.4 is 5.32 Å². The normalized spacial score (nSPS) is 14.6. The molecule has 2 amide bonds. The van der Waals surface area contributed by atoms with E-state index in [1.54, 1.807) is 18.2 Å². The number of nitrogens with zero attached hydrogens (tertiary/aromatic N) is 2. The summed E-state index contributed by atoms with van der Waals surface area (Å²) in [5.41, 5.74) is 2.34. The summed E-state index contributed by atoms with van der Waals surface area (Å²) in [6.07, 6.45) is 7.34. The fraction of sp³-hybridized carbons (Fsp3) is 0.350. The molecule has 1 saturated heterocycles. The molecule has 3 rings (SSSR count). The predicted octanol–water partition coefficient (Wildman–Crippen LogP) is 4.31. The van der Waals surface area contributed by atoms with Crippen LogP contribution in [0.25, 0.3) is 0 Å². The Morgan fingerprint density at radius 2 is 1.73 bits per heavy atom. The molecule has 5 nitrogen and oxygen atoms in total. The topological polar surface area (TPSA) is 62.3 Å². The first-order chi connectivity index (χ1) is 12.5. The number of aryl methyl sites for hydroxylation is 1. The summed E-state index contributed by atoms with van der Waals surface area (Å²) in [5, 5.41) is 3.38. The first-order valence-corrected chi connectivity index (χ1v) is 9.24. The molecule has 1 N–H and O–H groups in total. The second-order valence-electron chi connectivity index (χ2n) is 6.59. The molecule has 136 valence electrons. The fourth-order valence-corrected chi connectivity index (χ4v) is 3.19. The molecule has 1 aliphatic heterocycles. The molecule has 2 aromatic rings.